The fourth-order valence-electron chi connectivity index (χ4n) is 3.51. The van der Waals surface area contributed by atoms with Crippen molar-refractivity contribution in [2.75, 3.05) is 6.54 Å². The van der Waals surface area contributed by atoms with Crippen molar-refractivity contribution in [1.82, 2.24) is 9.78 Å². The van der Waals surface area contributed by atoms with Gasteiger partial charge in [0.25, 0.3) is 0 Å². The molecule has 0 spiro atoms. The van der Waals surface area contributed by atoms with Gasteiger partial charge in [-0.15, -0.1) is 0 Å². The quantitative estimate of drug-likeness (QED) is 0.930. The maximum Gasteiger partial charge on any atom is 0.0674 e. The fourth-order valence-corrected chi connectivity index (χ4v) is 3.51. The summed E-state index contributed by atoms with van der Waals surface area (Å²) in [6, 6.07) is 6.87. The highest BCUT2D eigenvalue weighted by Crippen LogP contribution is 2.36. The maximum absolute atomic E-state index is 5.91. The van der Waals surface area contributed by atoms with Crippen LogP contribution in [0.4, 0.5) is 0 Å². The zero-order chi connectivity index (χ0) is 14.3. The first-order valence-corrected chi connectivity index (χ1v) is 7.53. The van der Waals surface area contributed by atoms with E-state index in [2.05, 4.69) is 48.8 Å². The van der Waals surface area contributed by atoms with E-state index in [1.165, 1.54) is 40.8 Å². The molecule has 1 heterocycles. The number of benzene rings is 1. The molecule has 1 aromatic heterocycles. The third kappa shape index (κ3) is 1.97. The SMILES string of the molecule is CCn1nc(C)c(-c2ccc3c(c2)C(CN)CC3)c1C. The molecule has 2 N–H and O–H groups in total. The highest BCUT2D eigenvalue weighted by atomic mass is 15.3. The van der Waals surface area contributed by atoms with Crippen LogP contribution in [0.25, 0.3) is 11.1 Å². The second-order valence-electron chi connectivity index (χ2n) is 5.75. The summed E-state index contributed by atoms with van der Waals surface area (Å²) in [5, 5.41) is 4.63. The van der Waals surface area contributed by atoms with E-state index in [9.17, 15) is 0 Å². The number of aromatic nitrogens is 2. The lowest BCUT2D eigenvalue weighted by Crippen LogP contribution is -2.09. The molecule has 0 aliphatic heterocycles. The van der Waals surface area contributed by atoms with Crippen molar-refractivity contribution in [1.29, 1.82) is 0 Å². The number of fused-ring (bicyclic) bond motifs is 1. The molecule has 1 aromatic carbocycles. The minimum absolute atomic E-state index is 0.534. The molecule has 0 saturated heterocycles. The normalized spacial score (nSPS) is 17.5. The third-order valence-electron chi connectivity index (χ3n) is 4.60. The summed E-state index contributed by atoms with van der Waals surface area (Å²) in [6.07, 6.45) is 2.37. The fraction of sp³-hybridized carbons (Fsp3) is 0.471. The van der Waals surface area contributed by atoms with Crippen LogP contribution in [0.15, 0.2) is 18.2 Å². The van der Waals surface area contributed by atoms with E-state index in [-0.39, 0.29) is 0 Å². The van der Waals surface area contributed by atoms with Gasteiger partial charge in [-0.2, -0.15) is 5.10 Å². The molecule has 20 heavy (non-hydrogen) atoms. The summed E-state index contributed by atoms with van der Waals surface area (Å²) >= 11 is 0. The monoisotopic (exact) mass is 269 g/mol. The standard InChI is InChI=1S/C17H23N3/c1-4-20-12(3)17(11(2)19-20)14-7-5-13-6-8-15(10-18)16(13)9-14/h5,7,9,15H,4,6,8,10,18H2,1-3H3. The molecule has 1 unspecified atom stereocenters. The Hall–Kier alpha value is -1.61. The topological polar surface area (TPSA) is 43.8 Å². The van der Waals surface area contributed by atoms with Gasteiger partial charge in [0.05, 0.1) is 5.69 Å². The molecule has 2 aromatic rings. The molecule has 106 valence electrons. The van der Waals surface area contributed by atoms with Gasteiger partial charge < -0.3 is 5.73 Å². The molecule has 0 amide bonds. The first kappa shape index (κ1) is 13.4. The van der Waals surface area contributed by atoms with Crippen molar-refractivity contribution in [2.24, 2.45) is 5.73 Å². The molecular weight excluding hydrogens is 246 g/mol. The molecule has 0 radical (unpaired) electrons. The van der Waals surface area contributed by atoms with E-state index in [4.69, 9.17) is 5.73 Å². The van der Waals surface area contributed by atoms with Crippen LogP contribution < -0.4 is 5.73 Å². The highest BCUT2D eigenvalue weighted by molar-refractivity contribution is 5.70. The number of aryl methyl sites for hydroxylation is 3. The van der Waals surface area contributed by atoms with E-state index in [0.717, 1.165) is 18.8 Å². The number of hydrogen-bond donors (Lipinski definition) is 1. The molecule has 3 rings (SSSR count). The van der Waals surface area contributed by atoms with Crippen molar-refractivity contribution in [3.63, 3.8) is 0 Å². The van der Waals surface area contributed by atoms with Gasteiger partial charge in [-0.3, -0.25) is 4.68 Å². The Balaban J connectivity index is 2.10. The number of rotatable bonds is 3. The second kappa shape index (κ2) is 5.06. The third-order valence-corrected chi connectivity index (χ3v) is 4.60. The Morgan fingerprint density at radius 3 is 2.80 bits per heavy atom. The zero-order valence-corrected chi connectivity index (χ0v) is 12.6. The van der Waals surface area contributed by atoms with Gasteiger partial charge >= 0.3 is 0 Å². The van der Waals surface area contributed by atoms with E-state index < -0.39 is 0 Å². The summed E-state index contributed by atoms with van der Waals surface area (Å²) < 4.78 is 2.08. The van der Waals surface area contributed by atoms with E-state index in [1.807, 2.05) is 0 Å². The van der Waals surface area contributed by atoms with E-state index >= 15 is 0 Å². The first-order chi connectivity index (χ1) is 9.65. The predicted octanol–water partition coefficient (Wildman–Crippen LogP) is 3.18. The van der Waals surface area contributed by atoms with Gasteiger partial charge in [0, 0.05) is 17.8 Å². The lowest BCUT2D eigenvalue weighted by molar-refractivity contribution is 0.634. The predicted molar refractivity (Wildman–Crippen MR) is 82.9 cm³/mol. The Bertz CT molecular complexity index is 640. The molecule has 1 aliphatic rings. The molecule has 1 atom stereocenters. The van der Waals surface area contributed by atoms with Crippen molar-refractivity contribution in [3.8, 4) is 11.1 Å². The maximum atomic E-state index is 5.91. The van der Waals surface area contributed by atoms with Crippen LogP contribution in [0.2, 0.25) is 0 Å². The number of nitrogens with two attached hydrogens (primary N) is 1. The number of hydrogen-bond acceptors (Lipinski definition) is 2. The second-order valence-corrected chi connectivity index (χ2v) is 5.75. The minimum atomic E-state index is 0.534. The molecule has 0 fully saturated rings. The van der Waals surface area contributed by atoms with E-state index in [1.54, 1.807) is 0 Å². The summed E-state index contributed by atoms with van der Waals surface area (Å²) in [6.45, 7) is 8.07. The van der Waals surface area contributed by atoms with Crippen LogP contribution in [-0.2, 0) is 13.0 Å². The average Bonchev–Trinajstić information content (AvgIpc) is 2.98. The Morgan fingerprint density at radius 2 is 2.15 bits per heavy atom. The van der Waals surface area contributed by atoms with Gasteiger partial charge in [0.15, 0.2) is 0 Å². The molecule has 0 bridgehead atoms. The lowest BCUT2D eigenvalue weighted by Gasteiger charge is -2.11. The summed E-state index contributed by atoms with van der Waals surface area (Å²) in [4.78, 5) is 0. The van der Waals surface area contributed by atoms with Crippen LogP contribution in [-0.4, -0.2) is 16.3 Å². The van der Waals surface area contributed by atoms with E-state index in [0.29, 0.717) is 5.92 Å². The summed E-state index contributed by atoms with van der Waals surface area (Å²) in [5.74, 6) is 0.534. The Kier molecular flexibility index (Phi) is 3.38. The van der Waals surface area contributed by atoms with Gasteiger partial charge in [0.1, 0.15) is 0 Å². The van der Waals surface area contributed by atoms with Crippen molar-refractivity contribution < 1.29 is 0 Å². The molecule has 1 aliphatic carbocycles. The largest absolute Gasteiger partial charge is 0.330 e. The lowest BCUT2D eigenvalue weighted by atomic mass is 9.95. The van der Waals surface area contributed by atoms with Crippen LogP contribution in [0.5, 0.6) is 0 Å². The molecule has 3 heteroatoms. The minimum Gasteiger partial charge on any atom is -0.330 e. The van der Waals surface area contributed by atoms with Crippen LogP contribution in [0.3, 0.4) is 0 Å². The van der Waals surface area contributed by atoms with Crippen LogP contribution in [0.1, 0.15) is 41.8 Å². The van der Waals surface area contributed by atoms with Gasteiger partial charge in [-0.1, -0.05) is 18.2 Å². The average molecular weight is 269 g/mol. The van der Waals surface area contributed by atoms with Crippen molar-refractivity contribution in [3.05, 3.63) is 40.7 Å². The van der Waals surface area contributed by atoms with Crippen molar-refractivity contribution in [2.45, 2.75) is 46.1 Å². The summed E-state index contributed by atoms with van der Waals surface area (Å²) in [7, 11) is 0. The van der Waals surface area contributed by atoms with Gasteiger partial charge in [-0.05, 0) is 62.8 Å². The molecule has 3 nitrogen and oxygen atoms in total. The van der Waals surface area contributed by atoms with Gasteiger partial charge in [-0.25, -0.2) is 0 Å². The Labute approximate surface area is 120 Å². The Morgan fingerprint density at radius 1 is 1.35 bits per heavy atom. The smallest absolute Gasteiger partial charge is 0.0674 e. The van der Waals surface area contributed by atoms with Crippen molar-refractivity contribution >= 4 is 0 Å². The zero-order valence-electron chi connectivity index (χ0n) is 12.6. The molecular formula is C17H23N3. The molecule has 0 saturated carbocycles. The van der Waals surface area contributed by atoms with Crippen LogP contribution in [0, 0.1) is 13.8 Å². The number of nitrogens with zero attached hydrogens (tertiary/aromatic N) is 2. The first-order valence-electron chi connectivity index (χ1n) is 7.53. The van der Waals surface area contributed by atoms with Crippen LogP contribution >= 0.6 is 0 Å². The summed E-state index contributed by atoms with van der Waals surface area (Å²) in [5.41, 5.74) is 13.8. The highest BCUT2D eigenvalue weighted by Gasteiger charge is 2.22. The van der Waals surface area contributed by atoms with Gasteiger partial charge in [0.2, 0.25) is 0 Å².